The molecular formula is C17H24N2O2. The molecule has 1 aromatic carbocycles. The first-order chi connectivity index (χ1) is 10.0. The van der Waals surface area contributed by atoms with Gasteiger partial charge in [-0.1, -0.05) is 37.3 Å². The minimum Gasteiger partial charge on any atom is -0.303 e. The van der Waals surface area contributed by atoms with Crippen molar-refractivity contribution in [1.29, 1.82) is 0 Å². The van der Waals surface area contributed by atoms with E-state index in [1.54, 1.807) is 0 Å². The van der Waals surface area contributed by atoms with Crippen LogP contribution in [0.5, 0.6) is 0 Å². The van der Waals surface area contributed by atoms with Crippen LogP contribution >= 0.6 is 0 Å². The summed E-state index contributed by atoms with van der Waals surface area (Å²) in [6.07, 6.45) is 1.92. The van der Waals surface area contributed by atoms with E-state index in [2.05, 4.69) is 24.4 Å². The summed E-state index contributed by atoms with van der Waals surface area (Å²) in [5, 5.41) is 3.30. The van der Waals surface area contributed by atoms with Gasteiger partial charge in [0.05, 0.1) is 12.5 Å². The van der Waals surface area contributed by atoms with Crippen molar-refractivity contribution in [2.45, 2.75) is 58.2 Å². The molecule has 1 N–H and O–H groups in total. The number of nitrogens with zero attached hydrogens (tertiary/aromatic N) is 1. The number of carbonyl (C=O) groups excluding carboxylic acids is 2. The zero-order chi connectivity index (χ0) is 15.4. The van der Waals surface area contributed by atoms with Crippen LogP contribution in [0.3, 0.4) is 0 Å². The standard InChI is InChI=1S/C17H24N2O2/c1-4-13(3)19-16(20)11-15(17(19)21)18-12(2)10-14-8-6-5-7-9-14/h5-9,12-13,15,18H,4,10-11H2,1-3H3. The average molecular weight is 288 g/mol. The second-order valence-corrected chi connectivity index (χ2v) is 5.87. The molecule has 0 aliphatic carbocycles. The highest BCUT2D eigenvalue weighted by Gasteiger charge is 2.40. The van der Waals surface area contributed by atoms with Crippen LogP contribution in [0, 0.1) is 0 Å². The van der Waals surface area contributed by atoms with E-state index < -0.39 is 0 Å². The maximum absolute atomic E-state index is 12.3. The number of nitrogens with one attached hydrogen (secondary N) is 1. The van der Waals surface area contributed by atoms with Gasteiger partial charge in [-0.25, -0.2) is 0 Å². The molecule has 2 rings (SSSR count). The zero-order valence-electron chi connectivity index (χ0n) is 13.0. The second-order valence-electron chi connectivity index (χ2n) is 5.87. The van der Waals surface area contributed by atoms with Gasteiger partial charge < -0.3 is 5.32 Å². The van der Waals surface area contributed by atoms with Crippen molar-refractivity contribution in [3.05, 3.63) is 35.9 Å². The molecule has 2 amide bonds. The van der Waals surface area contributed by atoms with Crippen molar-refractivity contribution >= 4 is 11.8 Å². The number of carbonyl (C=O) groups is 2. The SMILES string of the molecule is CCC(C)N1C(=O)CC(NC(C)Cc2ccccc2)C1=O. The molecule has 0 bridgehead atoms. The third-order valence-electron chi connectivity index (χ3n) is 4.08. The maximum atomic E-state index is 12.3. The Labute approximate surface area is 126 Å². The van der Waals surface area contributed by atoms with Crippen molar-refractivity contribution in [1.82, 2.24) is 10.2 Å². The van der Waals surface area contributed by atoms with Crippen molar-refractivity contribution < 1.29 is 9.59 Å². The summed E-state index contributed by atoms with van der Waals surface area (Å²) in [5.41, 5.74) is 1.23. The molecule has 1 aliphatic rings. The third-order valence-corrected chi connectivity index (χ3v) is 4.08. The van der Waals surface area contributed by atoms with E-state index in [9.17, 15) is 9.59 Å². The van der Waals surface area contributed by atoms with Gasteiger partial charge in [-0.05, 0) is 32.3 Å². The summed E-state index contributed by atoms with van der Waals surface area (Å²) in [5.74, 6) is -0.131. The largest absolute Gasteiger partial charge is 0.303 e. The predicted molar refractivity (Wildman–Crippen MR) is 82.8 cm³/mol. The van der Waals surface area contributed by atoms with Crippen molar-refractivity contribution in [2.75, 3.05) is 0 Å². The van der Waals surface area contributed by atoms with E-state index in [0.717, 1.165) is 12.8 Å². The van der Waals surface area contributed by atoms with Crippen LogP contribution < -0.4 is 5.32 Å². The Morgan fingerprint density at radius 1 is 1.24 bits per heavy atom. The smallest absolute Gasteiger partial charge is 0.247 e. The van der Waals surface area contributed by atoms with Crippen LogP contribution in [-0.2, 0) is 16.0 Å². The quantitative estimate of drug-likeness (QED) is 0.816. The van der Waals surface area contributed by atoms with Crippen LogP contribution in [0.25, 0.3) is 0 Å². The lowest BCUT2D eigenvalue weighted by molar-refractivity contribution is -0.141. The second kappa shape index (κ2) is 6.85. The Hall–Kier alpha value is -1.68. The van der Waals surface area contributed by atoms with Crippen molar-refractivity contribution in [2.24, 2.45) is 0 Å². The molecule has 1 heterocycles. The van der Waals surface area contributed by atoms with Gasteiger partial charge in [-0.2, -0.15) is 0 Å². The molecule has 21 heavy (non-hydrogen) atoms. The van der Waals surface area contributed by atoms with Gasteiger partial charge in [0.15, 0.2) is 0 Å². The number of imide groups is 1. The van der Waals surface area contributed by atoms with E-state index in [1.165, 1.54) is 10.5 Å². The number of likely N-dealkylation sites (tertiary alicyclic amines) is 1. The maximum Gasteiger partial charge on any atom is 0.247 e. The molecule has 4 heteroatoms. The fraction of sp³-hybridized carbons (Fsp3) is 0.529. The minimum absolute atomic E-state index is 0.0128. The molecule has 1 aliphatic heterocycles. The Bertz CT molecular complexity index is 501. The van der Waals surface area contributed by atoms with E-state index >= 15 is 0 Å². The van der Waals surface area contributed by atoms with E-state index in [-0.39, 0.29) is 36.4 Å². The van der Waals surface area contributed by atoms with Crippen molar-refractivity contribution in [3.8, 4) is 0 Å². The van der Waals surface area contributed by atoms with Crippen molar-refractivity contribution in [3.63, 3.8) is 0 Å². The lowest BCUT2D eigenvalue weighted by Gasteiger charge is -2.23. The molecule has 0 aromatic heterocycles. The molecule has 0 radical (unpaired) electrons. The molecule has 3 unspecified atom stereocenters. The normalized spacial score (nSPS) is 21.7. The van der Waals surface area contributed by atoms with Gasteiger partial charge in [0, 0.05) is 12.1 Å². The number of benzene rings is 1. The monoisotopic (exact) mass is 288 g/mol. The summed E-state index contributed by atoms with van der Waals surface area (Å²) in [7, 11) is 0. The summed E-state index contributed by atoms with van der Waals surface area (Å²) in [6, 6.07) is 9.94. The van der Waals surface area contributed by atoms with Gasteiger partial charge in [0.1, 0.15) is 0 Å². The number of hydrogen-bond donors (Lipinski definition) is 1. The molecule has 1 aromatic rings. The summed E-state index contributed by atoms with van der Waals surface area (Å²) in [4.78, 5) is 25.8. The van der Waals surface area contributed by atoms with Gasteiger partial charge in [-0.3, -0.25) is 14.5 Å². The highest BCUT2D eigenvalue weighted by molar-refractivity contribution is 6.05. The van der Waals surface area contributed by atoms with E-state index in [4.69, 9.17) is 0 Å². The van der Waals surface area contributed by atoms with Crippen LogP contribution in [0.15, 0.2) is 30.3 Å². The first-order valence-corrected chi connectivity index (χ1v) is 7.68. The van der Waals surface area contributed by atoms with Gasteiger partial charge >= 0.3 is 0 Å². The molecule has 0 saturated carbocycles. The Morgan fingerprint density at radius 2 is 1.90 bits per heavy atom. The highest BCUT2D eigenvalue weighted by Crippen LogP contribution is 2.18. The lowest BCUT2D eigenvalue weighted by Crippen LogP contribution is -2.45. The summed E-state index contributed by atoms with van der Waals surface area (Å²) < 4.78 is 0. The average Bonchev–Trinajstić information content (AvgIpc) is 2.73. The Balaban J connectivity index is 1.94. The number of hydrogen-bond acceptors (Lipinski definition) is 3. The van der Waals surface area contributed by atoms with Crippen LogP contribution in [0.1, 0.15) is 39.2 Å². The summed E-state index contributed by atoms with van der Waals surface area (Å²) in [6.45, 7) is 5.96. The Kier molecular flexibility index (Phi) is 5.12. The van der Waals surface area contributed by atoms with Gasteiger partial charge in [-0.15, -0.1) is 0 Å². The lowest BCUT2D eigenvalue weighted by atomic mass is 10.1. The molecule has 4 nitrogen and oxygen atoms in total. The van der Waals surface area contributed by atoms with Gasteiger partial charge in [0.2, 0.25) is 11.8 Å². The third kappa shape index (κ3) is 3.70. The Morgan fingerprint density at radius 3 is 2.52 bits per heavy atom. The molecular weight excluding hydrogens is 264 g/mol. The van der Waals surface area contributed by atoms with Gasteiger partial charge in [0.25, 0.3) is 0 Å². The molecule has 0 spiro atoms. The number of amides is 2. The fourth-order valence-electron chi connectivity index (χ4n) is 2.80. The topological polar surface area (TPSA) is 49.4 Å². The van der Waals surface area contributed by atoms with Crippen LogP contribution in [0.2, 0.25) is 0 Å². The first-order valence-electron chi connectivity index (χ1n) is 7.68. The van der Waals surface area contributed by atoms with E-state index in [1.807, 2.05) is 32.0 Å². The predicted octanol–water partition coefficient (Wildman–Crippen LogP) is 2.13. The number of rotatable bonds is 6. The molecule has 3 atom stereocenters. The molecule has 1 fully saturated rings. The first kappa shape index (κ1) is 15.7. The van der Waals surface area contributed by atoms with Crippen LogP contribution in [0.4, 0.5) is 0 Å². The molecule has 114 valence electrons. The molecule has 1 saturated heterocycles. The zero-order valence-corrected chi connectivity index (χ0v) is 13.0. The highest BCUT2D eigenvalue weighted by atomic mass is 16.2. The fourth-order valence-corrected chi connectivity index (χ4v) is 2.80. The summed E-state index contributed by atoms with van der Waals surface area (Å²) >= 11 is 0. The van der Waals surface area contributed by atoms with E-state index in [0.29, 0.717) is 0 Å². The van der Waals surface area contributed by atoms with Crippen LogP contribution in [-0.4, -0.2) is 34.8 Å². The minimum atomic E-state index is -0.370.